The highest BCUT2D eigenvalue weighted by Gasteiger charge is 2.29. The van der Waals surface area contributed by atoms with Crippen molar-refractivity contribution in [3.05, 3.63) is 0 Å². The maximum atomic E-state index is 11.8. The van der Waals surface area contributed by atoms with Gasteiger partial charge in [-0.05, 0) is 39.8 Å². The van der Waals surface area contributed by atoms with Crippen molar-refractivity contribution in [1.82, 2.24) is 9.21 Å². The Kier molecular flexibility index (Phi) is 9.03. The molecule has 7 nitrogen and oxygen atoms in total. The number of sulfonamides is 1. The molecule has 0 aromatic carbocycles. The Bertz CT molecular complexity index is 400. The Morgan fingerprint density at radius 2 is 1.62 bits per heavy atom. The average molecular weight is 323 g/mol. The predicted molar refractivity (Wildman–Crippen MR) is 83.6 cm³/mol. The summed E-state index contributed by atoms with van der Waals surface area (Å²) in [5.74, 6) is -0.833. The van der Waals surface area contributed by atoms with Crippen molar-refractivity contribution in [2.24, 2.45) is 5.73 Å². The summed E-state index contributed by atoms with van der Waals surface area (Å²) in [5, 5.41) is 7.42. The van der Waals surface area contributed by atoms with Crippen molar-refractivity contribution in [2.75, 3.05) is 33.4 Å². The van der Waals surface area contributed by atoms with Gasteiger partial charge in [-0.2, -0.15) is 4.31 Å². The van der Waals surface area contributed by atoms with Crippen LogP contribution >= 0.6 is 0 Å². The minimum Gasteiger partial charge on any atom is -0.481 e. The van der Waals surface area contributed by atoms with Crippen LogP contribution in [0.5, 0.6) is 0 Å². The number of rotatable bonds is 5. The Hall–Kier alpha value is -0.700. The Morgan fingerprint density at radius 1 is 1.19 bits per heavy atom. The zero-order valence-corrected chi connectivity index (χ0v) is 14.3. The highest BCUT2D eigenvalue weighted by atomic mass is 32.2. The van der Waals surface area contributed by atoms with Crippen LogP contribution in [0.1, 0.15) is 32.6 Å². The van der Waals surface area contributed by atoms with Crippen LogP contribution in [0.25, 0.3) is 0 Å². The molecule has 0 atom stereocenters. The third kappa shape index (κ3) is 9.78. The van der Waals surface area contributed by atoms with Gasteiger partial charge in [-0.25, -0.2) is 8.42 Å². The van der Waals surface area contributed by atoms with E-state index in [1.807, 2.05) is 19.0 Å². The van der Waals surface area contributed by atoms with E-state index in [-0.39, 0.29) is 12.1 Å². The van der Waals surface area contributed by atoms with Gasteiger partial charge < -0.3 is 15.7 Å². The maximum Gasteiger partial charge on any atom is 0.300 e. The molecule has 0 heterocycles. The molecule has 0 amide bonds. The van der Waals surface area contributed by atoms with E-state index in [1.165, 1.54) is 6.26 Å². The minimum atomic E-state index is -3.11. The van der Waals surface area contributed by atoms with Gasteiger partial charge in [0.25, 0.3) is 5.97 Å². The second-order valence-electron chi connectivity index (χ2n) is 5.76. The van der Waals surface area contributed by atoms with Gasteiger partial charge in [0.1, 0.15) is 0 Å². The largest absolute Gasteiger partial charge is 0.481 e. The van der Waals surface area contributed by atoms with Crippen LogP contribution in [0.4, 0.5) is 0 Å². The van der Waals surface area contributed by atoms with E-state index in [4.69, 9.17) is 15.6 Å². The predicted octanol–water partition coefficient (Wildman–Crippen LogP) is 0.170. The topological polar surface area (TPSA) is 104 Å². The molecule has 0 aromatic rings. The second kappa shape index (κ2) is 9.34. The quantitative estimate of drug-likeness (QED) is 0.747. The molecule has 3 N–H and O–H groups in total. The monoisotopic (exact) mass is 323 g/mol. The molecule has 1 saturated carbocycles. The van der Waals surface area contributed by atoms with E-state index in [0.29, 0.717) is 6.54 Å². The summed E-state index contributed by atoms with van der Waals surface area (Å²) in [6.45, 7) is 2.42. The lowest BCUT2D eigenvalue weighted by Gasteiger charge is -2.34. The maximum absolute atomic E-state index is 11.8. The van der Waals surface area contributed by atoms with Crippen LogP contribution in [0.3, 0.4) is 0 Å². The van der Waals surface area contributed by atoms with Crippen molar-refractivity contribution >= 4 is 16.0 Å². The first kappa shape index (κ1) is 20.3. The number of carbonyl (C=O) groups is 1. The molecule has 1 aliphatic carbocycles. The van der Waals surface area contributed by atoms with Crippen LogP contribution in [0.2, 0.25) is 0 Å². The molecule has 0 bridgehead atoms. The van der Waals surface area contributed by atoms with Crippen LogP contribution in [-0.2, 0) is 14.8 Å². The summed E-state index contributed by atoms with van der Waals surface area (Å²) < 4.78 is 25.3. The number of carboxylic acids is 1. The van der Waals surface area contributed by atoms with Gasteiger partial charge in [0.05, 0.1) is 6.26 Å². The van der Waals surface area contributed by atoms with Crippen LogP contribution in [0.15, 0.2) is 0 Å². The summed E-state index contributed by atoms with van der Waals surface area (Å²) in [4.78, 5) is 11.0. The SMILES string of the molecule is CC(=O)O.CN(C)CCN(C1CCC(N)CC1)S(C)(=O)=O. The highest BCUT2D eigenvalue weighted by Crippen LogP contribution is 2.23. The van der Waals surface area contributed by atoms with Crippen molar-refractivity contribution in [1.29, 1.82) is 0 Å². The molecule has 0 unspecified atom stereocenters. The van der Waals surface area contributed by atoms with E-state index in [0.717, 1.165) is 39.2 Å². The second-order valence-corrected chi connectivity index (χ2v) is 7.70. The standard InChI is InChI=1S/C11H25N3O2S.C2H4O2/c1-13(2)8-9-14(17(3,15)16)11-6-4-10(12)5-7-11;1-2(3)4/h10-11H,4-9,12H2,1-3H3;1H3,(H,3,4). The van der Waals surface area contributed by atoms with Crippen LogP contribution in [-0.4, -0.2) is 74.2 Å². The molecular formula is C13H29N3O4S. The average Bonchev–Trinajstić information content (AvgIpc) is 2.28. The smallest absolute Gasteiger partial charge is 0.300 e. The number of likely N-dealkylation sites (N-methyl/N-ethyl adjacent to an activating group) is 1. The number of hydrogen-bond donors (Lipinski definition) is 2. The third-order valence-electron chi connectivity index (χ3n) is 3.34. The van der Waals surface area contributed by atoms with Gasteiger partial charge in [0, 0.05) is 32.1 Å². The molecule has 1 aliphatic rings. The normalized spacial score (nSPS) is 22.8. The number of nitrogens with zero attached hydrogens (tertiary/aromatic N) is 2. The third-order valence-corrected chi connectivity index (χ3v) is 4.67. The molecule has 0 aliphatic heterocycles. The lowest BCUT2D eigenvalue weighted by Crippen LogP contribution is -2.46. The molecule has 0 saturated heterocycles. The van der Waals surface area contributed by atoms with Gasteiger partial charge in [-0.15, -0.1) is 0 Å². The van der Waals surface area contributed by atoms with Crippen molar-refractivity contribution in [3.8, 4) is 0 Å². The molecule has 1 rings (SSSR count). The fraction of sp³-hybridized carbons (Fsp3) is 0.923. The summed E-state index contributed by atoms with van der Waals surface area (Å²) >= 11 is 0. The fourth-order valence-electron chi connectivity index (χ4n) is 2.31. The van der Waals surface area contributed by atoms with Gasteiger partial charge in [0.2, 0.25) is 10.0 Å². The Balaban J connectivity index is 0.000000885. The van der Waals surface area contributed by atoms with Gasteiger partial charge in [-0.1, -0.05) is 0 Å². The lowest BCUT2D eigenvalue weighted by atomic mass is 9.92. The first-order valence-electron chi connectivity index (χ1n) is 7.10. The van der Waals surface area contributed by atoms with Gasteiger partial charge in [0.15, 0.2) is 0 Å². The summed E-state index contributed by atoms with van der Waals surface area (Å²) in [6.07, 6.45) is 4.94. The molecule has 0 aromatic heterocycles. The van der Waals surface area contributed by atoms with Crippen molar-refractivity contribution < 1.29 is 18.3 Å². The van der Waals surface area contributed by atoms with E-state index < -0.39 is 16.0 Å². The van der Waals surface area contributed by atoms with E-state index >= 15 is 0 Å². The molecule has 126 valence electrons. The van der Waals surface area contributed by atoms with E-state index in [1.54, 1.807) is 4.31 Å². The highest BCUT2D eigenvalue weighted by molar-refractivity contribution is 7.88. The lowest BCUT2D eigenvalue weighted by molar-refractivity contribution is -0.134. The molecule has 1 fully saturated rings. The molecule has 21 heavy (non-hydrogen) atoms. The number of carboxylic acid groups (broad SMARTS) is 1. The van der Waals surface area contributed by atoms with Crippen molar-refractivity contribution in [2.45, 2.75) is 44.7 Å². The number of nitrogens with two attached hydrogens (primary N) is 1. The minimum absolute atomic E-state index is 0.143. The first-order valence-corrected chi connectivity index (χ1v) is 8.95. The zero-order chi connectivity index (χ0) is 16.6. The first-order chi connectivity index (χ1) is 9.54. The summed E-state index contributed by atoms with van der Waals surface area (Å²) in [7, 11) is 0.799. The fourth-order valence-corrected chi connectivity index (χ4v) is 3.47. The molecule has 0 radical (unpaired) electrons. The molecular weight excluding hydrogens is 294 g/mol. The molecule has 8 heteroatoms. The Morgan fingerprint density at radius 3 is 1.95 bits per heavy atom. The van der Waals surface area contributed by atoms with Crippen LogP contribution in [0, 0.1) is 0 Å². The van der Waals surface area contributed by atoms with E-state index in [9.17, 15) is 8.42 Å². The number of aliphatic carboxylic acids is 1. The van der Waals surface area contributed by atoms with Crippen LogP contribution < -0.4 is 5.73 Å². The Labute approximate surface area is 128 Å². The number of hydrogen-bond acceptors (Lipinski definition) is 5. The summed E-state index contributed by atoms with van der Waals surface area (Å²) in [6, 6.07) is 0.395. The summed E-state index contributed by atoms with van der Waals surface area (Å²) in [5.41, 5.74) is 5.85. The molecule has 0 spiro atoms. The van der Waals surface area contributed by atoms with Gasteiger partial charge in [-0.3, -0.25) is 4.79 Å². The van der Waals surface area contributed by atoms with Crippen molar-refractivity contribution in [3.63, 3.8) is 0 Å². The van der Waals surface area contributed by atoms with Gasteiger partial charge >= 0.3 is 0 Å². The van der Waals surface area contributed by atoms with E-state index in [2.05, 4.69) is 0 Å². The zero-order valence-electron chi connectivity index (χ0n) is 13.4.